The highest BCUT2D eigenvalue weighted by Gasteiger charge is 2.36. The Morgan fingerprint density at radius 3 is 2.78 bits per heavy atom. The summed E-state index contributed by atoms with van der Waals surface area (Å²) >= 11 is 0. The van der Waals surface area contributed by atoms with Crippen molar-refractivity contribution in [2.75, 3.05) is 33.2 Å². The maximum Gasteiger partial charge on any atom is 0.227 e. The van der Waals surface area contributed by atoms with Gasteiger partial charge in [-0.1, -0.05) is 13.3 Å². The van der Waals surface area contributed by atoms with Gasteiger partial charge in [0.25, 0.3) is 0 Å². The van der Waals surface area contributed by atoms with Crippen molar-refractivity contribution in [1.29, 1.82) is 0 Å². The van der Waals surface area contributed by atoms with E-state index in [-0.39, 0.29) is 12.0 Å². The molecule has 0 radical (unpaired) electrons. The molecule has 1 saturated heterocycles. The first-order valence-electron chi connectivity index (χ1n) is 7.34. The van der Waals surface area contributed by atoms with E-state index in [9.17, 15) is 4.79 Å². The van der Waals surface area contributed by atoms with Crippen molar-refractivity contribution in [3.63, 3.8) is 0 Å². The second-order valence-electron chi connectivity index (χ2n) is 6.00. The van der Waals surface area contributed by atoms with Gasteiger partial charge in [0.15, 0.2) is 0 Å². The van der Waals surface area contributed by atoms with Crippen molar-refractivity contribution in [2.45, 2.75) is 38.6 Å². The highest BCUT2D eigenvalue weighted by molar-refractivity contribution is 5.80. The Labute approximate surface area is 110 Å². The van der Waals surface area contributed by atoms with Crippen LogP contribution in [0, 0.1) is 11.8 Å². The van der Waals surface area contributed by atoms with Gasteiger partial charge in [0.1, 0.15) is 0 Å². The van der Waals surface area contributed by atoms with Gasteiger partial charge in [-0.3, -0.25) is 4.79 Å². The topological polar surface area (TPSA) is 49.6 Å². The van der Waals surface area contributed by atoms with Crippen molar-refractivity contribution in [2.24, 2.45) is 17.6 Å². The number of nitrogens with zero attached hydrogens (tertiary/aromatic N) is 2. The molecule has 4 heteroatoms. The highest BCUT2D eigenvalue weighted by Crippen LogP contribution is 2.28. The number of amides is 1. The smallest absolute Gasteiger partial charge is 0.227 e. The van der Waals surface area contributed by atoms with E-state index in [4.69, 9.17) is 5.73 Å². The van der Waals surface area contributed by atoms with Gasteiger partial charge in [0.2, 0.25) is 5.91 Å². The Morgan fingerprint density at radius 2 is 2.17 bits per heavy atom. The van der Waals surface area contributed by atoms with Crippen LogP contribution in [0.4, 0.5) is 0 Å². The van der Waals surface area contributed by atoms with E-state index in [1.54, 1.807) is 0 Å². The minimum Gasteiger partial charge on any atom is -0.342 e. The molecular formula is C14H27N3O. The van der Waals surface area contributed by atoms with Gasteiger partial charge in [-0.05, 0) is 38.8 Å². The molecule has 0 unspecified atom stereocenters. The molecule has 104 valence electrons. The monoisotopic (exact) mass is 253 g/mol. The fraction of sp³-hybridized carbons (Fsp3) is 0.929. The zero-order valence-electron chi connectivity index (χ0n) is 11.8. The van der Waals surface area contributed by atoms with Crippen LogP contribution < -0.4 is 5.73 Å². The fourth-order valence-electron chi connectivity index (χ4n) is 3.28. The zero-order valence-corrected chi connectivity index (χ0v) is 11.8. The quantitative estimate of drug-likeness (QED) is 0.810. The van der Waals surface area contributed by atoms with Gasteiger partial charge in [-0.15, -0.1) is 0 Å². The molecule has 2 N–H and O–H groups in total. The number of likely N-dealkylation sites (tertiary alicyclic amines) is 1. The van der Waals surface area contributed by atoms with E-state index in [1.807, 2.05) is 0 Å². The van der Waals surface area contributed by atoms with Gasteiger partial charge >= 0.3 is 0 Å². The fourth-order valence-corrected chi connectivity index (χ4v) is 3.28. The largest absolute Gasteiger partial charge is 0.342 e. The van der Waals surface area contributed by atoms with Crippen molar-refractivity contribution in [3.8, 4) is 0 Å². The van der Waals surface area contributed by atoms with Gasteiger partial charge in [0.05, 0.1) is 5.92 Å². The lowest BCUT2D eigenvalue weighted by Crippen LogP contribution is -2.41. The number of carbonyl (C=O) groups excluding carboxylic acids is 1. The number of rotatable bonds is 4. The molecule has 18 heavy (non-hydrogen) atoms. The molecule has 0 spiro atoms. The van der Waals surface area contributed by atoms with Crippen molar-refractivity contribution >= 4 is 5.91 Å². The summed E-state index contributed by atoms with van der Waals surface area (Å²) in [5.41, 5.74) is 6.03. The molecule has 1 aliphatic carbocycles. The third-order valence-corrected chi connectivity index (χ3v) is 4.59. The van der Waals surface area contributed by atoms with E-state index >= 15 is 0 Å². The van der Waals surface area contributed by atoms with Crippen LogP contribution >= 0.6 is 0 Å². The van der Waals surface area contributed by atoms with Crippen LogP contribution in [0.15, 0.2) is 0 Å². The van der Waals surface area contributed by atoms with Gasteiger partial charge in [0, 0.05) is 25.7 Å². The lowest BCUT2D eigenvalue weighted by molar-refractivity contribution is -0.134. The molecule has 3 atom stereocenters. The molecule has 0 bridgehead atoms. The van der Waals surface area contributed by atoms with Crippen LogP contribution in [-0.4, -0.2) is 55.0 Å². The lowest BCUT2D eigenvalue weighted by atomic mass is 10.0. The summed E-state index contributed by atoms with van der Waals surface area (Å²) in [6.45, 7) is 6.24. The third-order valence-electron chi connectivity index (χ3n) is 4.59. The maximum absolute atomic E-state index is 12.4. The van der Waals surface area contributed by atoms with E-state index in [2.05, 4.69) is 23.8 Å². The second-order valence-corrected chi connectivity index (χ2v) is 6.00. The van der Waals surface area contributed by atoms with E-state index in [1.165, 1.54) is 0 Å². The zero-order chi connectivity index (χ0) is 13.1. The van der Waals surface area contributed by atoms with Crippen LogP contribution in [0.25, 0.3) is 0 Å². The first-order valence-corrected chi connectivity index (χ1v) is 7.34. The SMILES string of the molecule is CCN(C)C[C@@H]1CCN(C(=O)[C@@H]2CCC[C@H]2N)C1. The predicted molar refractivity (Wildman–Crippen MR) is 73.2 cm³/mol. The second kappa shape index (κ2) is 6.02. The molecule has 2 rings (SSSR count). The molecule has 0 aromatic rings. The first kappa shape index (κ1) is 13.8. The van der Waals surface area contributed by atoms with Crippen LogP contribution in [0.5, 0.6) is 0 Å². The predicted octanol–water partition coefficient (Wildman–Crippen LogP) is 0.914. The summed E-state index contributed by atoms with van der Waals surface area (Å²) in [5.74, 6) is 1.07. The molecule has 2 fully saturated rings. The average Bonchev–Trinajstić information content (AvgIpc) is 2.97. The number of hydrogen-bond donors (Lipinski definition) is 1. The average molecular weight is 253 g/mol. The number of carbonyl (C=O) groups is 1. The molecule has 1 heterocycles. The van der Waals surface area contributed by atoms with Crippen LogP contribution in [0.2, 0.25) is 0 Å². The Hall–Kier alpha value is -0.610. The van der Waals surface area contributed by atoms with Crippen molar-refractivity contribution in [1.82, 2.24) is 9.80 Å². The minimum absolute atomic E-state index is 0.104. The number of hydrogen-bond acceptors (Lipinski definition) is 3. The standard InChI is InChI=1S/C14H27N3O/c1-3-16(2)9-11-7-8-17(10-11)14(18)12-5-4-6-13(12)15/h11-13H,3-10,15H2,1-2H3/t11-,12+,13+/m0/s1. The third kappa shape index (κ3) is 3.04. The molecule has 2 aliphatic rings. The molecular weight excluding hydrogens is 226 g/mol. The van der Waals surface area contributed by atoms with E-state index in [0.29, 0.717) is 11.8 Å². The molecule has 0 aromatic heterocycles. The molecule has 1 amide bonds. The van der Waals surface area contributed by atoms with Gasteiger partial charge in [-0.25, -0.2) is 0 Å². The Morgan fingerprint density at radius 1 is 1.39 bits per heavy atom. The Balaban J connectivity index is 1.83. The van der Waals surface area contributed by atoms with E-state index in [0.717, 1.165) is 51.9 Å². The molecule has 0 aromatic carbocycles. The van der Waals surface area contributed by atoms with Gasteiger partial charge in [-0.2, -0.15) is 0 Å². The first-order chi connectivity index (χ1) is 8.61. The molecule has 4 nitrogen and oxygen atoms in total. The minimum atomic E-state index is 0.104. The van der Waals surface area contributed by atoms with Crippen LogP contribution in [0.1, 0.15) is 32.6 Å². The molecule has 1 saturated carbocycles. The van der Waals surface area contributed by atoms with Gasteiger partial charge < -0.3 is 15.5 Å². The summed E-state index contributed by atoms with van der Waals surface area (Å²) in [4.78, 5) is 16.8. The lowest BCUT2D eigenvalue weighted by Gasteiger charge is -2.24. The van der Waals surface area contributed by atoms with Crippen LogP contribution in [-0.2, 0) is 4.79 Å². The normalized spacial score (nSPS) is 32.4. The summed E-state index contributed by atoms with van der Waals surface area (Å²) in [7, 11) is 2.15. The number of nitrogens with two attached hydrogens (primary N) is 1. The summed E-state index contributed by atoms with van der Waals surface area (Å²) in [5, 5.41) is 0. The molecule has 1 aliphatic heterocycles. The van der Waals surface area contributed by atoms with E-state index < -0.39 is 0 Å². The van der Waals surface area contributed by atoms with Crippen LogP contribution in [0.3, 0.4) is 0 Å². The summed E-state index contributed by atoms with van der Waals surface area (Å²) < 4.78 is 0. The maximum atomic E-state index is 12.4. The Bertz CT molecular complexity index is 295. The van der Waals surface area contributed by atoms with Crippen molar-refractivity contribution in [3.05, 3.63) is 0 Å². The highest BCUT2D eigenvalue weighted by atomic mass is 16.2. The summed E-state index contributed by atoms with van der Waals surface area (Å²) in [6, 6.07) is 0.106. The van der Waals surface area contributed by atoms with Crippen molar-refractivity contribution < 1.29 is 4.79 Å². The Kier molecular flexibility index (Phi) is 4.62. The summed E-state index contributed by atoms with van der Waals surface area (Å²) in [6.07, 6.45) is 4.29.